The van der Waals surface area contributed by atoms with Crippen molar-refractivity contribution in [2.75, 3.05) is 10.8 Å². The molecule has 0 saturated heterocycles. The summed E-state index contributed by atoms with van der Waals surface area (Å²) >= 11 is 12.5. The second-order valence-corrected chi connectivity index (χ2v) is 12.4. The molecule has 7 nitrogen and oxygen atoms in total. The van der Waals surface area contributed by atoms with Gasteiger partial charge in [0.15, 0.2) is 0 Å². The standard InChI is InChI=1S/C30H35Cl2N3O4S/c1-5-22(4)33-30(37)28(6-2)34(19-23-14-15-24(31)18-27(23)32)29(36)20-35(25-16-12-21(3)13-17-25)40(38,39)26-10-8-7-9-11-26/h7-18,22,28H,5-6,19-20H2,1-4H3,(H,33,37). The summed E-state index contributed by atoms with van der Waals surface area (Å²) in [6, 6.07) is 18.8. The van der Waals surface area contributed by atoms with E-state index in [4.69, 9.17) is 23.2 Å². The predicted molar refractivity (Wildman–Crippen MR) is 161 cm³/mol. The maximum absolute atomic E-state index is 14.1. The van der Waals surface area contributed by atoms with Gasteiger partial charge in [-0.2, -0.15) is 0 Å². The van der Waals surface area contributed by atoms with Crippen LogP contribution in [0.3, 0.4) is 0 Å². The summed E-state index contributed by atoms with van der Waals surface area (Å²) in [5.41, 5.74) is 1.87. The summed E-state index contributed by atoms with van der Waals surface area (Å²) < 4.78 is 28.7. The van der Waals surface area contributed by atoms with Crippen LogP contribution in [0.15, 0.2) is 77.7 Å². The predicted octanol–water partition coefficient (Wildman–Crippen LogP) is 6.22. The van der Waals surface area contributed by atoms with Crippen molar-refractivity contribution in [1.82, 2.24) is 10.2 Å². The van der Waals surface area contributed by atoms with Gasteiger partial charge in [-0.3, -0.25) is 13.9 Å². The van der Waals surface area contributed by atoms with Crippen molar-refractivity contribution in [3.8, 4) is 0 Å². The van der Waals surface area contributed by atoms with E-state index >= 15 is 0 Å². The number of anilines is 1. The van der Waals surface area contributed by atoms with E-state index in [9.17, 15) is 18.0 Å². The average Bonchev–Trinajstić information content (AvgIpc) is 2.93. The molecule has 1 N–H and O–H groups in total. The van der Waals surface area contributed by atoms with Gasteiger partial charge in [0.05, 0.1) is 10.6 Å². The number of rotatable bonds is 12. The van der Waals surface area contributed by atoms with Crippen molar-refractivity contribution < 1.29 is 18.0 Å². The number of halogens is 2. The number of nitrogens with zero attached hydrogens (tertiary/aromatic N) is 2. The Morgan fingerprint density at radius 3 is 2.15 bits per heavy atom. The molecule has 0 bridgehead atoms. The van der Waals surface area contributed by atoms with Gasteiger partial charge in [0.1, 0.15) is 12.6 Å². The Balaban J connectivity index is 2.07. The molecule has 214 valence electrons. The van der Waals surface area contributed by atoms with Gasteiger partial charge in [0, 0.05) is 22.6 Å². The van der Waals surface area contributed by atoms with Crippen molar-refractivity contribution in [2.24, 2.45) is 0 Å². The quantitative estimate of drug-likeness (QED) is 0.266. The van der Waals surface area contributed by atoms with Gasteiger partial charge in [-0.25, -0.2) is 8.42 Å². The van der Waals surface area contributed by atoms with Gasteiger partial charge < -0.3 is 10.2 Å². The first-order chi connectivity index (χ1) is 19.0. The molecule has 0 aliphatic carbocycles. The minimum atomic E-state index is -4.12. The lowest BCUT2D eigenvalue weighted by Gasteiger charge is -2.34. The largest absolute Gasteiger partial charge is 0.352 e. The second-order valence-electron chi connectivity index (χ2n) is 9.66. The third-order valence-electron chi connectivity index (χ3n) is 6.67. The molecule has 40 heavy (non-hydrogen) atoms. The van der Waals surface area contributed by atoms with Crippen molar-refractivity contribution in [3.63, 3.8) is 0 Å². The first-order valence-electron chi connectivity index (χ1n) is 13.2. The van der Waals surface area contributed by atoms with E-state index in [1.807, 2.05) is 27.7 Å². The van der Waals surface area contributed by atoms with E-state index in [0.717, 1.165) is 16.3 Å². The highest BCUT2D eigenvalue weighted by atomic mass is 35.5. The van der Waals surface area contributed by atoms with Crippen molar-refractivity contribution >= 4 is 50.7 Å². The Morgan fingerprint density at radius 1 is 0.925 bits per heavy atom. The molecule has 0 fully saturated rings. The molecule has 2 unspecified atom stereocenters. The fourth-order valence-corrected chi connectivity index (χ4v) is 6.06. The number of hydrogen-bond donors (Lipinski definition) is 1. The maximum atomic E-state index is 14.1. The van der Waals surface area contributed by atoms with E-state index < -0.39 is 28.5 Å². The molecule has 0 radical (unpaired) electrons. The lowest BCUT2D eigenvalue weighted by Crippen LogP contribution is -2.53. The molecule has 3 aromatic rings. The number of carbonyl (C=O) groups is 2. The molecule has 0 spiro atoms. The van der Waals surface area contributed by atoms with Crippen molar-refractivity contribution in [2.45, 2.75) is 64.1 Å². The first-order valence-corrected chi connectivity index (χ1v) is 15.4. The molecule has 0 aromatic heterocycles. The van der Waals surface area contributed by atoms with Crippen LogP contribution in [-0.2, 0) is 26.2 Å². The van der Waals surface area contributed by atoms with Crippen molar-refractivity contribution in [1.29, 1.82) is 0 Å². The number of hydrogen-bond acceptors (Lipinski definition) is 4. The van der Waals surface area contributed by atoms with Crippen LogP contribution in [-0.4, -0.2) is 43.8 Å². The molecule has 2 amide bonds. The lowest BCUT2D eigenvalue weighted by atomic mass is 10.1. The lowest BCUT2D eigenvalue weighted by molar-refractivity contribution is -0.140. The summed E-state index contributed by atoms with van der Waals surface area (Å²) in [6.07, 6.45) is 1.03. The smallest absolute Gasteiger partial charge is 0.264 e. The number of amides is 2. The van der Waals surface area contributed by atoms with Gasteiger partial charge in [0.25, 0.3) is 10.0 Å². The monoisotopic (exact) mass is 603 g/mol. The number of nitrogens with one attached hydrogen (secondary N) is 1. The molecule has 0 aliphatic rings. The molecule has 0 heterocycles. The molecule has 2 atom stereocenters. The number of sulfonamides is 1. The summed E-state index contributed by atoms with van der Waals surface area (Å²) in [5, 5.41) is 3.73. The van der Waals surface area contributed by atoms with Gasteiger partial charge in [-0.05, 0) is 68.7 Å². The van der Waals surface area contributed by atoms with Gasteiger partial charge in [0.2, 0.25) is 11.8 Å². The Morgan fingerprint density at radius 2 is 1.57 bits per heavy atom. The fraction of sp³-hybridized carbons (Fsp3) is 0.333. The SMILES string of the molecule is CCC(C)NC(=O)C(CC)N(Cc1ccc(Cl)cc1Cl)C(=O)CN(c1ccc(C)cc1)S(=O)(=O)c1ccccc1. The van der Waals surface area contributed by atoms with E-state index in [2.05, 4.69) is 5.32 Å². The van der Waals surface area contributed by atoms with Crippen LogP contribution in [0.25, 0.3) is 0 Å². The van der Waals surface area contributed by atoms with E-state index in [0.29, 0.717) is 27.7 Å². The van der Waals surface area contributed by atoms with Crippen LogP contribution in [0, 0.1) is 6.92 Å². The molecule has 0 saturated carbocycles. The second kappa shape index (κ2) is 14.0. The van der Waals surface area contributed by atoms with E-state index in [-0.39, 0.29) is 23.4 Å². The highest BCUT2D eigenvalue weighted by Gasteiger charge is 2.34. The highest BCUT2D eigenvalue weighted by Crippen LogP contribution is 2.27. The van der Waals surface area contributed by atoms with Gasteiger partial charge >= 0.3 is 0 Å². The van der Waals surface area contributed by atoms with Crippen LogP contribution in [0.1, 0.15) is 44.7 Å². The summed E-state index contributed by atoms with van der Waals surface area (Å²) in [6.45, 7) is 7.02. The van der Waals surface area contributed by atoms with Crippen LogP contribution in [0.5, 0.6) is 0 Å². The summed E-state index contributed by atoms with van der Waals surface area (Å²) in [4.78, 5) is 28.9. The molecule has 10 heteroatoms. The van der Waals surface area contributed by atoms with E-state index in [1.165, 1.54) is 17.0 Å². The van der Waals surface area contributed by atoms with Crippen LogP contribution in [0.4, 0.5) is 5.69 Å². The van der Waals surface area contributed by atoms with Crippen LogP contribution < -0.4 is 9.62 Å². The Hall–Kier alpha value is -3.07. The zero-order valence-corrected chi connectivity index (χ0v) is 25.4. The summed E-state index contributed by atoms with van der Waals surface area (Å²) in [7, 11) is -4.12. The van der Waals surface area contributed by atoms with Crippen LogP contribution in [0.2, 0.25) is 10.0 Å². The number of carbonyl (C=O) groups excluding carboxylic acids is 2. The molecule has 3 rings (SSSR count). The molecular formula is C30H35Cl2N3O4S. The normalized spacial score (nSPS) is 12.8. The Kier molecular flexibility index (Phi) is 11.0. The van der Waals surface area contributed by atoms with Crippen molar-refractivity contribution in [3.05, 3.63) is 94.0 Å². The average molecular weight is 605 g/mol. The molecule has 0 aliphatic heterocycles. The minimum Gasteiger partial charge on any atom is -0.352 e. The third kappa shape index (κ3) is 7.77. The Bertz CT molecular complexity index is 1420. The third-order valence-corrected chi connectivity index (χ3v) is 9.05. The first kappa shape index (κ1) is 31.5. The fourth-order valence-electron chi connectivity index (χ4n) is 4.15. The Labute approximate surface area is 247 Å². The summed E-state index contributed by atoms with van der Waals surface area (Å²) in [5.74, 6) is -0.861. The topological polar surface area (TPSA) is 86.8 Å². The number of benzene rings is 3. The molecular weight excluding hydrogens is 569 g/mol. The molecule has 3 aromatic carbocycles. The van der Waals surface area contributed by atoms with Crippen LogP contribution >= 0.6 is 23.2 Å². The zero-order valence-electron chi connectivity index (χ0n) is 23.1. The van der Waals surface area contributed by atoms with Gasteiger partial charge in [-0.15, -0.1) is 0 Å². The minimum absolute atomic E-state index is 0.00556. The highest BCUT2D eigenvalue weighted by molar-refractivity contribution is 7.92. The maximum Gasteiger partial charge on any atom is 0.264 e. The van der Waals surface area contributed by atoms with E-state index in [1.54, 1.807) is 60.7 Å². The number of aryl methyl sites for hydroxylation is 1. The van der Waals surface area contributed by atoms with Gasteiger partial charge in [-0.1, -0.05) is 79.0 Å². The zero-order chi connectivity index (χ0) is 29.4.